The Morgan fingerprint density at radius 2 is 2.05 bits per heavy atom. The molecule has 21 heavy (non-hydrogen) atoms. The second-order valence-electron chi connectivity index (χ2n) is 5.53. The maximum atomic E-state index is 11.8. The van der Waals surface area contributed by atoms with E-state index in [-0.39, 0.29) is 24.0 Å². The van der Waals surface area contributed by atoms with Crippen LogP contribution >= 0.6 is 0 Å². The quantitative estimate of drug-likeness (QED) is 0.817. The highest BCUT2D eigenvalue weighted by atomic mass is 16.6. The third-order valence-electron chi connectivity index (χ3n) is 3.97. The van der Waals surface area contributed by atoms with Gasteiger partial charge in [-0.25, -0.2) is 4.79 Å². The van der Waals surface area contributed by atoms with Gasteiger partial charge in [-0.15, -0.1) is 0 Å². The minimum atomic E-state index is -0.286. The molecular weight excluding hydrogens is 270 g/mol. The minimum absolute atomic E-state index is 0.0402. The van der Waals surface area contributed by atoms with Gasteiger partial charge in [0.05, 0.1) is 6.61 Å². The topological polar surface area (TPSA) is 70.7 Å². The van der Waals surface area contributed by atoms with Crippen LogP contribution in [0.5, 0.6) is 0 Å². The van der Waals surface area contributed by atoms with Crippen LogP contribution in [-0.4, -0.2) is 35.5 Å². The molecule has 2 aliphatic rings. The number of amides is 3. The predicted molar refractivity (Wildman–Crippen MR) is 76.0 cm³/mol. The van der Waals surface area contributed by atoms with Crippen LogP contribution < -0.4 is 10.8 Å². The number of nitrogens with zero attached hydrogens (tertiary/aromatic N) is 1. The number of hydrogen-bond donors (Lipinski definition) is 2. The highest BCUT2D eigenvalue weighted by molar-refractivity contribution is 5.97. The summed E-state index contributed by atoms with van der Waals surface area (Å²) in [7, 11) is 0. The Bertz CT molecular complexity index is 520. The summed E-state index contributed by atoms with van der Waals surface area (Å²) in [6, 6.07) is 9.77. The highest BCUT2D eigenvalue weighted by Crippen LogP contribution is 2.22. The van der Waals surface area contributed by atoms with Crippen molar-refractivity contribution >= 4 is 11.9 Å². The van der Waals surface area contributed by atoms with E-state index in [4.69, 9.17) is 4.84 Å². The molecule has 0 unspecified atom stereocenters. The molecule has 0 spiro atoms. The number of imide groups is 1. The molecule has 0 aliphatic carbocycles. The molecule has 2 saturated heterocycles. The van der Waals surface area contributed by atoms with E-state index in [1.807, 2.05) is 30.3 Å². The summed E-state index contributed by atoms with van der Waals surface area (Å²) in [5.41, 5.74) is 4.13. The van der Waals surface area contributed by atoms with Crippen molar-refractivity contribution < 1.29 is 14.4 Å². The van der Waals surface area contributed by atoms with Crippen LogP contribution in [-0.2, 0) is 16.2 Å². The maximum absolute atomic E-state index is 11.8. The number of carbonyl (C=O) groups excluding carboxylic acids is 2. The second kappa shape index (κ2) is 6.24. The molecule has 0 bridgehead atoms. The third-order valence-corrected chi connectivity index (χ3v) is 3.97. The lowest BCUT2D eigenvalue weighted by Gasteiger charge is -2.41. The molecule has 2 atom stereocenters. The molecule has 112 valence electrons. The molecule has 3 amide bonds. The fourth-order valence-electron chi connectivity index (χ4n) is 2.86. The van der Waals surface area contributed by atoms with Gasteiger partial charge in [0.25, 0.3) is 0 Å². The summed E-state index contributed by atoms with van der Waals surface area (Å²) in [5.74, 6) is -0.173. The van der Waals surface area contributed by atoms with Crippen LogP contribution in [0.3, 0.4) is 0 Å². The van der Waals surface area contributed by atoms with E-state index < -0.39 is 0 Å². The number of rotatable bonds is 4. The van der Waals surface area contributed by atoms with Gasteiger partial charge < -0.3 is 4.90 Å². The van der Waals surface area contributed by atoms with Gasteiger partial charge in [0.1, 0.15) is 0 Å². The summed E-state index contributed by atoms with van der Waals surface area (Å²) in [5, 5.41) is 2.36. The van der Waals surface area contributed by atoms with Crippen molar-refractivity contribution in [3.05, 3.63) is 35.9 Å². The number of fused-ring (bicyclic) bond motifs is 1. The number of urea groups is 1. The van der Waals surface area contributed by atoms with Crippen molar-refractivity contribution in [1.29, 1.82) is 0 Å². The van der Waals surface area contributed by atoms with E-state index in [1.54, 1.807) is 4.90 Å². The maximum Gasteiger partial charge on any atom is 0.324 e. The number of hydrogen-bond acceptors (Lipinski definition) is 4. The molecule has 6 nitrogen and oxygen atoms in total. The zero-order valence-electron chi connectivity index (χ0n) is 11.7. The van der Waals surface area contributed by atoms with Gasteiger partial charge in [0.2, 0.25) is 5.91 Å². The fraction of sp³-hybridized carbons (Fsp3) is 0.467. The normalized spacial score (nSPS) is 25.4. The second-order valence-corrected chi connectivity index (χ2v) is 5.53. The van der Waals surface area contributed by atoms with Gasteiger partial charge in [-0.3, -0.25) is 14.9 Å². The number of piperidine rings is 1. The molecule has 2 fully saturated rings. The summed E-state index contributed by atoms with van der Waals surface area (Å²) in [6.07, 6.45) is 2.13. The molecule has 6 heteroatoms. The summed E-state index contributed by atoms with van der Waals surface area (Å²) in [6.45, 7) is 1.06. The molecule has 2 heterocycles. The van der Waals surface area contributed by atoms with Crippen LogP contribution in [0.2, 0.25) is 0 Å². The van der Waals surface area contributed by atoms with E-state index in [0.29, 0.717) is 19.6 Å². The van der Waals surface area contributed by atoms with Gasteiger partial charge in [-0.05, 0) is 18.4 Å². The molecule has 2 N–H and O–H groups in total. The molecule has 2 aliphatic heterocycles. The molecule has 0 saturated carbocycles. The number of carbonyl (C=O) groups is 2. The van der Waals surface area contributed by atoms with Gasteiger partial charge in [-0.1, -0.05) is 30.3 Å². The Morgan fingerprint density at radius 1 is 1.24 bits per heavy atom. The van der Waals surface area contributed by atoms with Crippen LogP contribution in [0.4, 0.5) is 4.79 Å². The van der Waals surface area contributed by atoms with Crippen molar-refractivity contribution in [2.45, 2.75) is 38.0 Å². The van der Waals surface area contributed by atoms with Crippen LogP contribution in [0.15, 0.2) is 30.3 Å². The van der Waals surface area contributed by atoms with Crippen molar-refractivity contribution in [3.8, 4) is 0 Å². The summed E-state index contributed by atoms with van der Waals surface area (Å²) >= 11 is 0. The first kappa shape index (κ1) is 14.0. The van der Waals surface area contributed by atoms with E-state index in [0.717, 1.165) is 18.4 Å². The predicted octanol–water partition coefficient (Wildman–Crippen LogP) is 1.18. The smallest absolute Gasteiger partial charge is 0.319 e. The van der Waals surface area contributed by atoms with Crippen molar-refractivity contribution in [2.24, 2.45) is 0 Å². The number of benzene rings is 1. The Kier molecular flexibility index (Phi) is 4.17. The lowest BCUT2D eigenvalue weighted by Crippen LogP contribution is -2.60. The van der Waals surface area contributed by atoms with E-state index in [9.17, 15) is 9.59 Å². The van der Waals surface area contributed by atoms with E-state index in [2.05, 4.69) is 10.8 Å². The first-order valence-corrected chi connectivity index (χ1v) is 7.24. The average molecular weight is 289 g/mol. The monoisotopic (exact) mass is 289 g/mol. The first-order chi connectivity index (χ1) is 10.2. The summed E-state index contributed by atoms with van der Waals surface area (Å²) < 4.78 is 0. The van der Waals surface area contributed by atoms with Gasteiger partial charge in [0, 0.05) is 25.0 Å². The third kappa shape index (κ3) is 3.40. The molecular formula is C15H19N3O3. The Labute approximate surface area is 123 Å². The molecule has 0 radical (unpaired) electrons. The van der Waals surface area contributed by atoms with Crippen LogP contribution in [0.1, 0.15) is 24.8 Å². The minimum Gasteiger partial charge on any atom is -0.319 e. The Morgan fingerprint density at radius 3 is 2.86 bits per heavy atom. The average Bonchev–Trinajstić information content (AvgIpc) is 2.49. The number of nitrogens with one attached hydrogen (secondary N) is 2. The van der Waals surface area contributed by atoms with E-state index >= 15 is 0 Å². The Hall–Kier alpha value is -1.92. The van der Waals surface area contributed by atoms with Gasteiger partial charge >= 0.3 is 6.03 Å². The highest BCUT2D eigenvalue weighted by Gasteiger charge is 2.37. The molecule has 1 aromatic carbocycles. The van der Waals surface area contributed by atoms with Crippen molar-refractivity contribution in [3.63, 3.8) is 0 Å². The zero-order chi connectivity index (χ0) is 14.7. The number of hydroxylamine groups is 1. The lowest BCUT2D eigenvalue weighted by molar-refractivity contribution is -0.123. The van der Waals surface area contributed by atoms with Gasteiger partial charge in [0.15, 0.2) is 0 Å². The lowest BCUT2D eigenvalue weighted by atomic mass is 9.95. The Balaban J connectivity index is 1.48. The van der Waals surface area contributed by atoms with Crippen LogP contribution in [0, 0.1) is 0 Å². The molecule has 3 rings (SSSR count). The SMILES string of the molecule is O=C1C[C@@H]2CC[C@@H](NOCc3ccccc3)CN2C(=O)N1. The zero-order valence-corrected chi connectivity index (χ0v) is 11.7. The van der Waals surface area contributed by atoms with E-state index in [1.165, 1.54) is 0 Å². The van der Waals surface area contributed by atoms with Gasteiger partial charge in [-0.2, -0.15) is 5.48 Å². The largest absolute Gasteiger partial charge is 0.324 e. The first-order valence-electron chi connectivity index (χ1n) is 7.24. The van der Waals surface area contributed by atoms with Crippen molar-refractivity contribution in [1.82, 2.24) is 15.7 Å². The molecule has 1 aromatic rings. The molecule has 0 aromatic heterocycles. The summed E-state index contributed by atoms with van der Waals surface area (Å²) in [4.78, 5) is 30.4. The van der Waals surface area contributed by atoms with Crippen molar-refractivity contribution in [2.75, 3.05) is 6.54 Å². The fourth-order valence-corrected chi connectivity index (χ4v) is 2.86. The standard InChI is InChI=1S/C15H19N3O3/c19-14-8-13-7-6-12(9-18(13)15(20)16-14)17-21-10-11-4-2-1-3-5-11/h1-5,12-13,17H,6-10H2,(H,16,19,20)/t12-,13+/m1/s1. The van der Waals surface area contributed by atoms with Crippen LogP contribution in [0.25, 0.3) is 0 Å².